The molecule has 0 aromatic carbocycles. The van der Waals surface area contributed by atoms with Crippen molar-refractivity contribution in [2.45, 2.75) is 93.6 Å². The molecule has 0 bridgehead atoms. The fraction of sp³-hybridized carbons (Fsp3) is 0.792. The summed E-state index contributed by atoms with van der Waals surface area (Å²) >= 11 is 0. The smallest absolute Gasteiger partial charge is 0.306 e. The molecule has 0 amide bonds. The van der Waals surface area contributed by atoms with Crippen molar-refractivity contribution in [1.29, 1.82) is 0 Å². The largest absolute Gasteiger partial charge is 0.454 e. The second-order valence-electron chi connectivity index (χ2n) is 9.58. The number of ether oxygens (including phenoxy) is 1. The van der Waals surface area contributed by atoms with Crippen LogP contribution in [-0.4, -0.2) is 23.6 Å². The van der Waals surface area contributed by atoms with Crippen molar-refractivity contribution in [3.05, 3.63) is 11.6 Å². The van der Waals surface area contributed by atoms with Gasteiger partial charge in [-0.25, -0.2) is 0 Å². The molecule has 1 heterocycles. The Morgan fingerprint density at radius 1 is 1.14 bits per heavy atom. The topological polar surface area (TPSA) is 60.4 Å². The molecule has 160 valence electrons. The summed E-state index contributed by atoms with van der Waals surface area (Å²) in [5.74, 6) is 0.205. The molecule has 0 spiro atoms. The van der Waals surface area contributed by atoms with Crippen LogP contribution in [0.25, 0.3) is 0 Å². The molecule has 0 radical (unpaired) electrons. The fourth-order valence-electron chi connectivity index (χ4n) is 3.95. The molecular weight excluding hydrogens is 352 g/mol. The van der Waals surface area contributed by atoms with Crippen LogP contribution in [0.15, 0.2) is 11.6 Å². The molecular formula is C24H40O4. The van der Waals surface area contributed by atoms with Gasteiger partial charge in [-0.15, -0.1) is 0 Å². The number of carbonyl (C=O) groups excluding carboxylic acids is 3. The molecule has 1 aliphatic rings. The molecule has 0 aromatic rings. The van der Waals surface area contributed by atoms with Crippen molar-refractivity contribution >= 4 is 17.5 Å². The van der Waals surface area contributed by atoms with Gasteiger partial charge >= 0.3 is 5.97 Å². The second-order valence-corrected chi connectivity index (χ2v) is 9.58. The maximum atomic E-state index is 13.2. The van der Waals surface area contributed by atoms with Gasteiger partial charge in [-0.1, -0.05) is 59.6 Å². The normalized spacial score (nSPS) is 35.6. The predicted molar refractivity (Wildman–Crippen MR) is 113 cm³/mol. The van der Waals surface area contributed by atoms with E-state index in [0.717, 1.165) is 19.3 Å². The van der Waals surface area contributed by atoms with Crippen molar-refractivity contribution in [3.63, 3.8) is 0 Å². The van der Waals surface area contributed by atoms with E-state index in [1.165, 1.54) is 12.5 Å². The maximum absolute atomic E-state index is 13.2. The average Bonchev–Trinajstić information content (AvgIpc) is 2.61. The molecule has 0 fully saturated rings. The first-order valence-corrected chi connectivity index (χ1v) is 10.8. The number of hydrogen-bond donors (Lipinski definition) is 0. The van der Waals surface area contributed by atoms with Gasteiger partial charge in [0.05, 0.1) is 0 Å². The standard InChI is InChI=1S/C24H40O4/c1-15-10-9-11-16(2)18(4)19(5)23(27)24(7,8)17(3)14-22(26)28-21(13-12-15)20(6)25/h12,16-19,21H,9-11,13-14H2,1-8H3/b15-12-/t16-,17-,18-,19+,21-/m0/s1. The zero-order valence-electron chi connectivity index (χ0n) is 19.1. The second kappa shape index (κ2) is 10.4. The lowest BCUT2D eigenvalue weighted by molar-refractivity contribution is -0.156. The lowest BCUT2D eigenvalue weighted by Gasteiger charge is -2.36. The van der Waals surface area contributed by atoms with E-state index in [2.05, 4.69) is 20.8 Å². The van der Waals surface area contributed by atoms with Gasteiger partial charge in [-0.3, -0.25) is 14.4 Å². The van der Waals surface area contributed by atoms with Gasteiger partial charge in [-0.2, -0.15) is 0 Å². The highest BCUT2D eigenvalue weighted by Gasteiger charge is 2.40. The van der Waals surface area contributed by atoms with E-state index in [1.807, 2.05) is 33.8 Å². The maximum Gasteiger partial charge on any atom is 0.306 e. The van der Waals surface area contributed by atoms with E-state index < -0.39 is 17.5 Å². The van der Waals surface area contributed by atoms with Crippen LogP contribution in [0.4, 0.5) is 0 Å². The van der Waals surface area contributed by atoms with Crippen LogP contribution in [0.2, 0.25) is 0 Å². The van der Waals surface area contributed by atoms with E-state index in [0.29, 0.717) is 18.3 Å². The summed E-state index contributed by atoms with van der Waals surface area (Å²) in [4.78, 5) is 37.6. The van der Waals surface area contributed by atoms with Crippen molar-refractivity contribution in [3.8, 4) is 0 Å². The molecule has 0 aromatic heterocycles. The van der Waals surface area contributed by atoms with Gasteiger partial charge in [0.2, 0.25) is 0 Å². The lowest BCUT2D eigenvalue weighted by atomic mass is 9.67. The molecule has 0 unspecified atom stereocenters. The molecule has 0 saturated carbocycles. The van der Waals surface area contributed by atoms with Gasteiger partial charge in [0.25, 0.3) is 0 Å². The number of hydrogen-bond acceptors (Lipinski definition) is 4. The Morgan fingerprint density at radius 3 is 2.32 bits per heavy atom. The van der Waals surface area contributed by atoms with Gasteiger partial charge in [-0.05, 0) is 44.4 Å². The first-order chi connectivity index (χ1) is 12.9. The first-order valence-electron chi connectivity index (χ1n) is 10.8. The Morgan fingerprint density at radius 2 is 1.75 bits per heavy atom. The van der Waals surface area contributed by atoms with Crippen LogP contribution >= 0.6 is 0 Å². The third kappa shape index (κ3) is 6.56. The Kier molecular flexibility index (Phi) is 9.10. The molecule has 0 aliphatic carbocycles. The molecule has 4 heteroatoms. The summed E-state index contributed by atoms with van der Waals surface area (Å²) in [5.41, 5.74) is 0.596. The Bertz CT molecular complexity index is 602. The number of rotatable bonds is 1. The molecule has 28 heavy (non-hydrogen) atoms. The number of Topliss-reactive ketones (excluding diaryl/α,β-unsaturated/α-hetero) is 2. The van der Waals surface area contributed by atoms with Crippen LogP contribution in [0.1, 0.15) is 87.5 Å². The first kappa shape index (κ1) is 24.6. The lowest BCUT2D eigenvalue weighted by Crippen LogP contribution is -2.40. The minimum atomic E-state index is -0.737. The van der Waals surface area contributed by atoms with Crippen LogP contribution in [0, 0.1) is 29.1 Å². The third-order valence-corrected chi connectivity index (χ3v) is 7.08. The van der Waals surface area contributed by atoms with Gasteiger partial charge in [0.15, 0.2) is 11.9 Å². The van der Waals surface area contributed by atoms with Gasteiger partial charge in [0.1, 0.15) is 5.78 Å². The highest BCUT2D eigenvalue weighted by Crippen LogP contribution is 2.37. The summed E-state index contributed by atoms with van der Waals surface area (Å²) in [6, 6.07) is 0. The summed E-state index contributed by atoms with van der Waals surface area (Å²) in [6.45, 7) is 15.7. The number of cyclic esters (lactones) is 1. The molecule has 5 atom stereocenters. The van der Waals surface area contributed by atoms with E-state index in [-0.39, 0.29) is 29.8 Å². The van der Waals surface area contributed by atoms with Crippen molar-refractivity contribution in [1.82, 2.24) is 0 Å². The number of carbonyl (C=O) groups is 3. The highest BCUT2D eigenvalue weighted by molar-refractivity contribution is 5.87. The van der Waals surface area contributed by atoms with Gasteiger partial charge < -0.3 is 4.74 Å². The average molecular weight is 393 g/mol. The summed E-state index contributed by atoms with van der Waals surface area (Å²) in [6.07, 6.45) is 4.94. The van der Waals surface area contributed by atoms with E-state index >= 15 is 0 Å². The predicted octanol–water partition coefficient (Wildman–Crippen LogP) is 5.54. The minimum Gasteiger partial charge on any atom is -0.454 e. The summed E-state index contributed by atoms with van der Waals surface area (Å²) in [7, 11) is 0. The van der Waals surface area contributed by atoms with Crippen LogP contribution in [0.5, 0.6) is 0 Å². The molecule has 1 aliphatic heterocycles. The highest BCUT2D eigenvalue weighted by atomic mass is 16.5. The van der Waals surface area contributed by atoms with Gasteiger partial charge in [0, 0.05) is 24.2 Å². The zero-order valence-corrected chi connectivity index (χ0v) is 19.1. The molecule has 0 N–H and O–H groups in total. The number of ketones is 2. The minimum absolute atomic E-state index is 0.0574. The van der Waals surface area contributed by atoms with E-state index in [4.69, 9.17) is 4.74 Å². The Labute approximate surface area is 171 Å². The van der Waals surface area contributed by atoms with Crippen LogP contribution < -0.4 is 0 Å². The third-order valence-electron chi connectivity index (χ3n) is 7.08. The van der Waals surface area contributed by atoms with E-state index in [1.54, 1.807) is 0 Å². The number of allylic oxidation sites excluding steroid dienone is 1. The monoisotopic (exact) mass is 392 g/mol. The summed E-state index contributed by atoms with van der Waals surface area (Å²) in [5, 5.41) is 0. The van der Waals surface area contributed by atoms with Crippen molar-refractivity contribution in [2.24, 2.45) is 29.1 Å². The van der Waals surface area contributed by atoms with Crippen molar-refractivity contribution in [2.75, 3.05) is 0 Å². The molecule has 0 saturated heterocycles. The van der Waals surface area contributed by atoms with Crippen LogP contribution in [0.3, 0.4) is 0 Å². The number of esters is 1. The van der Waals surface area contributed by atoms with Crippen LogP contribution in [-0.2, 0) is 19.1 Å². The Hall–Kier alpha value is -1.45. The Balaban J connectivity index is 3.13. The molecule has 1 rings (SSSR count). The summed E-state index contributed by atoms with van der Waals surface area (Å²) < 4.78 is 5.48. The zero-order chi connectivity index (χ0) is 21.6. The van der Waals surface area contributed by atoms with E-state index in [9.17, 15) is 14.4 Å². The quantitative estimate of drug-likeness (QED) is 0.434. The fourth-order valence-corrected chi connectivity index (χ4v) is 3.95. The SMILES string of the molecule is CC(=O)[C@@H]1C/C=C(/C)CCC[C@H](C)[C@H](C)[C@@H](C)C(=O)C(C)(C)[C@@H](C)CC(=O)O1. The van der Waals surface area contributed by atoms with Crippen molar-refractivity contribution < 1.29 is 19.1 Å². The molecule has 4 nitrogen and oxygen atoms in total.